The van der Waals surface area contributed by atoms with Gasteiger partial charge in [-0.25, -0.2) is 4.79 Å². The van der Waals surface area contributed by atoms with Crippen molar-refractivity contribution in [1.29, 1.82) is 0 Å². The number of hydrogen-bond donors (Lipinski definition) is 3. The zero-order valence-corrected chi connectivity index (χ0v) is 23.9. The van der Waals surface area contributed by atoms with Crippen LogP contribution in [0.5, 0.6) is 0 Å². The number of Topliss-reactive ketones (excluding diaryl/α,β-unsaturated/α-hetero) is 1. The number of fused-ring (bicyclic) bond motifs is 5. The molecule has 1 heterocycles. The monoisotopic (exact) mass is 589 g/mol. The molecule has 0 unspecified atom stereocenters. The first kappa shape index (κ1) is 30.1. The molecule has 0 spiro atoms. The van der Waals surface area contributed by atoms with Gasteiger partial charge in [0.25, 0.3) is 5.09 Å². The van der Waals surface area contributed by atoms with Gasteiger partial charge in [-0.2, -0.15) is 0 Å². The van der Waals surface area contributed by atoms with Gasteiger partial charge in [0, 0.05) is 25.2 Å². The average molecular weight is 590 g/mol. The Hall–Kier alpha value is -3.39. The van der Waals surface area contributed by atoms with Crippen LogP contribution >= 0.6 is 0 Å². The van der Waals surface area contributed by atoms with E-state index in [1.807, 2.05) is 0 Å². The molecule has 0 radical (unpaired) electrons. The van der Waals surface area contributed by atoms with Crippen molar-refractivity contribution in [2.24, 2.45) is 16.7 Å². The van der Waals surface area contributed by atoms with Crippen molar-refractivity contribution in [2.45, 2.75) is 89.2 Å². The van der Waals surface area contributed by atoms with E-state index >= 15 is 0 Å². The molecule has 42 heavy (non-hydrogen) atoms. The highest BCUT2D eigenvalue weighted by atomic mass is 17.0. The van der Waals surface area contributed by atoms with Crippen LogP contribution < -0.4 is 0 Å². The van der Waals surface area contributed by atoms with E-state index in [4.69, 9.17) is 19.0 Å². The van der Waals surface area contributed by atoms with Crippen LogP contribution in [0, 0.1) is 26.9 Å². The van der Waals surface area contributed by atoms with Crippen LogP contribution in [0.3, 0.4) is 0 Å². The molecule has 13 heteroatoms. The molecule has 4 aliphatic rings. The van der Waals surface area contributed by atoms with Crippen molar-refractivity contribution in [1.82, 2.24) is 0 Å². The smallest absolute Gasteiger partial charge is 0.338 e. The maximum atomic E-state index is 14.6. The predicted molar refractivity (Wildman–Crippen MR) is 141 cm³/mol. The predicted octanol–water partition coefficient (Wildman–Crippen LogP) is 1.30. The number of aliphatic hydroxyl groups excluding tert-OH is 2. The summed E-state index contributed by atoms with van der Waals surface area (Å²) in [5.41, 5.74) is -7.30. The summed E-state index contributed by atoms with van der Waals surface area (Å²) in [6, 6.07) is 7.88. The van der Waals surface area contributed by atoms with Crippen LogP contribution in [0.2, 0.25) is 0 Å². The molecule has 3 fully saturated rings. The Bertz CT molecular complexity index is 1360. The molecular weight excluding hydrogens is 554 g/mol. The van der Waals surface area contributed by atoms with E-state index in [9.17, 15) is 39.8 Å². The van der Waals surface area contributed by atoms with Gasteiger partial charge in [-0.05, 0) is 37.1 Å². The van der Waals surface area contributed by atoms with Crippen molar-refractivity contribution in [3.05, 3.63) is 57.2 Å². The lowest BCUT2D eigenvalue weighted by Crippen LogP contribution is -2.81. The number of carbonyl (C=O) groups is 3. The number of ketones is 1. The van der Waals surface area contributed by atoms with Gasteiger partial charge in [-0.1, -0.05) is 32.0 Å². The highest BCUT2D eigenvalue weighted by Crippen LogP contribution is 2.64. The van der Waals surface area contributed by atoms with E-state index < -0.39 is 87.7 Å². The first-order valence-electron chi connectivity index (χ1n) is 13.7. The van der Waals surface area contributed by atoms with Crippen molar-refractivity contribution in [3.63, 3.8) is 0 Å². The molecule has 3 aliphatic carbocycles. The number of benzene rings is 1. The molecule has 3 N–H and O–H groups in total. The zero-order chi connectivity index (χ0) is 31.0. The second-order valence-electron chi connectivity index (χ2n) is 12.5. The van der Waals surface area contributed by atoms with Gasteiger partial charge < -0.3 is 29.5 Å². The lowest BCUT2D eigenvalue weighted by molar-refractivity contribution is -0.762. The highest BCUT2D eigenvalue weighted by Gasteiger charge is 2.78. The summed E-state index contributed by atoms with van der Waals surface area (Å²) >= 11 is 0. The van der Waals surface area contributed by atoms with Crippen molar-refractivity contribution in [3.8, 4) is 0 Å². The summed E-state index contributed by atoms with van der Waals surface area (Å²) in [4.78, 5) is 57.6. The molecule has 9 atom stereocenters. The maximum absolute atomic E-state index is 14.6. The average Bonchev–Trinajstić information content (AvgIpc) is 2.90. The molecule has 2 bridgehead atoms. The summed E-state index contributed by atoms with van der Waals surface area (Å²) in [5.74, 6) is -4.07. The minimum Gasteiger partial charge on any atom is -0.455 e. The van der Waals surface area contributed by atoms with Gasteiger partial charge in [0.1, 0.15) is 17.8 Å². The van der Waals surface area contributed by atoms with E-state index in [1.165, 1.54) is 39.8 Å². The van der Waals surface area contributed by atoms with E-state index in [2.05, 4.69) is 0 Å². The second kappa shape index (κ2) is 9.83. The number of ether oxygens (including phenoxy) is 3. The molecule has 1 saturated heterocycles. The second-order valence-corrected chi connectivity index (χ2v) is 12.5. The van der Waals surface area contributed by atoms with E-state index in [-0.39, 0.29) is 29.7 Å². The molecule has 1 aromatic carbocycles. The number of hydrogen-bond acceptors (Lipinski definition) is 12. The topological polar surface area (TPSA) is 192 Å². The first-order valence-corrected chi connectivity index (χ1v) is 13.7. The summed E-state index contributed by atoms with van der Waals surface area (Å²) in [5, 5.41) is 46.2. The van der Waals surface area contributed by atoms with Crippen LogP contribution in [0.1, 0.15) is 57.8 Å². The standard InChI is InChI=1S/C29H35NO12/c1-14-17(32)12-29(36)24(40-25(35)16-9-7-6-8-10-16)22-27(5,18(33)11-19-28(22,13-39-19)41-15(2)31)23(34)21(42-30(37)38)20(14)26(29,3)4/h6-10,17-19,21-22,24,32-33,36H,11-13H2,1-5H3/t17-,18-,19+,21+,22-,24-,27+,28-,29+/m0/s1. The third kappa shape index (κ3) is 4.01. The Labute approximate surface area is 241 Å². The summed E-state index contributed by atoms with van der Waals surface area (Å²) in [7, 11) is 0. The third-order valence-electron chi connectivity index (χ3n) is 10.1. The van der Waals surface area contributed by atoms with Gasteiger partial charge in [0.05, 0.1) is 35.7 Å². The Morgan fingerprint density at radius 1 is 1.14 bits per heavy atom. The number of carbonyl (C=O) groups excluding carboxylic acids is 3. The minimum absolute atomic E-state index is 0.0633. The molecule has 1 aliphatic heterocycles. The maximum Gasteiger partial charge on any atom is 0.338 e. The molecular formula is C29H35NO12. The SMILES string of the molecule is CC(=O)O[C@@]12CO[C@@H]1C[C@H](O)[C@@]1(C)C(=O)[C@H](O[N+](=O)[O-])C3=C(C)[C@@H](O)C[C@@](O)([C@@H](OC(=O)c4ccccc4)[C@H]21)C3(C)C. The molecule has 5 rings (SSSR count). The Morgan fingerprint density at radius 2 is 1.79 bits per heavy atom. The lowest BCUT2D eigenvalue weighted by atomic mass is 9.44. The highest BCUT2D eigenvalue weighted by molar-refractivity contribution is 5.94. The number of aliphatic hydroxyl groups is 3. The van der Waals surface area contributed by atoms with Crippen LogP contribution in [0.4, 0.5) is 0 Å². The number of rotatable bonds is 5. The fraction of sp³-hybridized carbons (Fsp3) is 0.621. The number of nitrogens with zero attached hydrogens (tertiary/aromatic N) is 1. The molecule has 0 amide bonds. The van der Waals surface area contributed by atoms with Gasteiger partial charge in [-0.15, -0.1) is 10.1 Å². The fourth-order valence-corrected chi connectivity index (χ4v) is 7.81. The summed E-state index contributed by atoms with van der Waals surface area (Å²) in [6.07, 6.45) is -8.16. The zero-order valence-electron chi connectivity index (χ0n) is 23.9. The quantitative estimate of drug-likeness (QED) is 0.193. The van der Waals surface area contributed by atoms with E-state index in [0.29, 0.717) is 0 Å². The summed E-state index contributed by atoms with van der Waals surface area (Å²) in [6.45, 7) is 6.73. The van der Waals surface area contributed by atoms with Gasteiger partial charge in [0.2, 0.25) is 0 Å². The van der Waals surface area contributed by atoms with Crippen molar-refractivity contribution < 1.29 is 53.8 Å². The van der Waals surface area contributed by atoms with Crippen molar-refractivity contribution in [2.75, 3.05) is 6.61 Å². The Balaban J connectivity index is 1.84. The van der Waals surface area contributed by atoms with Crippen LogP contribution in [0.25, 0.3) is 0 Å². The molecule has 2 saturated carbocycles. The van der Waals surface area contributed by atoms with E-state index in [0.717, 1.165) is 6.92 Å². The van der Waals surface area contributed by atoms with Gasteiger partial charge in [-0.3, -0.25) is 14.4 Å². The Kier molecular flexibility index (Phi) is 7.04. The molecule has 13 nitrogen and oxygen atoms in total. The molecule has 0 aromatic heterocycles. The third-order valence-corrected chi connectivity index (χ3v) is 10.1. The fourth-order valence-electron chi connectivity index (χ4n) is 7.81. The lowest BCUT2D eigenvalue weighted by Gasteiger charge is -2.67. The number of esters is 2. The van der Waals surface area contributed by atoms with Gasteiger partial charge >= 0.3 is 11.9 Å². The van der Waals surface area contributed by atoms with Crippen molar-refractivity contribution >= 4 is 17.7 Å². The van der Waals surface area contributed by atoms with Crippen LogP contribution in [-0.4, -0.2) is 86.5 Å². The Morgan fingerprint density at radius 3 is 2.33 bits per heavy atom. The normalized spacial score (nSPS) is 40.3. The summed E-state index contributed by atoms with van der Waals surface area (Å²) < 4.78 is 17.7. The molecule has 1 aromatic rings. The van der Waals surface area contributed by atoms with Crippen LogP contribution in [0.15, 0.2) is 41.5 Å². The first-order chi connectivity index (χ1) is 19.5. The van der Waals surface area contributed by atoms with Gasteiger partial charge in [0.15, 0.2) is 17.5 Å². The largest absolute Gasteiger partial charge is 0.455 e. The minimum atomic E-state index is -2.22. The molecule has 228 valence electrons. The van der Waals surface area contributed by atoms with Crippen LogP contribution in [-0.2, 0) is 28.6 Å². The van der Waals surface area contributed by atoms with E-state index in [1.54, 1.807) is 18.2 Å².